The Labute approximate surface area is 164 Å². The Hall–Kier alpha value is -2.47. The number of para-hydroxylation sites is 2. The van der Waals surface area contributed by atoms with E-state index < -0.39 is 0 Å². The Morgan fingerprint density at radius 2 is 2.04 bits per heavy atom. The summed E-state index contributed by atoms with van der Waals surface area (Å²) in [5, 5.41) is 3.83. The normalized spacial score (nSPS) is 11.1. The molecule has 142 valence electrons. The van der Waals surface area contributed by atoms with Crippen LogP contribution in [0.15, 0.2) is 53.7 Å². The van der Waals surface area contributed by atoms with Crippen LogP contribution < -0.4 is 10.1 Å². The first kappa shape index (κ1) is 19.3. The Kier molecular flexibility index (Phi) is 6.40. The molecular formula is C21H25N3O2S. The van der Waals surface area contributed by atoms with E-state index in [2.05, 4.69) is 19.2 Å². The molecule has 0 aliphatic rings. The summed E-state index contributed by atoms with van der Waals surface area (Å²) in [7, 11) is 1.61. The smallest absolute Gasteiger partial charge is 0.244 e. The minimum Gasteiger partial charge on any atom is -0.497 e. The third-order valence-electron chi connectivity index (χ3n) is 4.20. The summed E-state index contributed by atoms with van der Waals surface area (Å²) >= 11 is 1.71. The van der Waals surface area contributed by atoms with Gasteiger partial charge in [0.25, 0.3) is 0 Å². The second-order valence-corrected chi connectivity index (χ2v) is 7.84. The van der Waals surface area contributed by atoms with E-state index in [-0.39, 0.29) is 12.5 Å². The first-order valence-electron chi connectivity index (χ1n) is 9.09. The first-order valence-corrected chi connectivity index (χ1v) is 10.1. The average Bonchev–Trinajstić information content (AvgIpc) is 2.99. The van der Waals surface area contributed by atoms with Crippen molar-refractivity contribution in [3.8, 4) is 5.75 Å². The van der Waals surface area contributed by atoms with E-state index >= 15 is 0 Å². The third-order valence-corrected chi connectivity index (χ3v) is 5.21. The Morgan fingerprint density at radius 3 is 2.81 bits per heavy atom. The topological polar surface area (TPSA) is 56.1 Å². The molecule has 5 nitrogen and oxygen atoms in total. The lowest BCUT2D eigenvalue weighted by molar-refractivity contribution is -0.116. The molecule has 0 unspecified atom stereocenters. The largest absolute Gasteiger partial charge is 0.497 e. The van der Waals surface area contributed by atoms with Crippen LogP contribution in [0.4, 0.5) is 5.69 Å². The molecule has 0 aliphatic heterocycles. The van der Waals surface area contributed by atoms with Crippen molar-refractivity contribution in [3.05, 3.63) is 48.5 Å². The maximum Gasteiger partial charge on any atom is 0.244 e. The molecule has 6 heteroatoms. The minimum atomic E-state index is -0.0860. The zero-order valence-electron chi connectivity index (χ0n) is 15.9. The van der Waals surface area contributed by atoms with Crippen molar-refractivity contribution in [2.75, 3.05) is 18.2 Å². The number of ether oxygens (including phenoxy) is 1. The molecule has 1 N–H and O–H groups in total. The summed E-state index contributed by atoms with van der Waals surface area (Å²) in [6.07, 6.45) is 1.11. The molecule has 0 atom stereocenters. The predicted octanol–water partition coefficient (Wildman–Crippen LogP) is 4.82. The second kappa shape index (κ2) is 8.95. The fourth-order valence-corrected chi connectivity index (χ4v) is 4.00. The van der Waals surface area contributed by atoms with Crippen LogP contribution in [0.2, 0.25) is 0 Å². The number of anilines is 1. The van der Waals surface area contributed by atoms with Gasteiger partial charge in [-0.25, -0.2) is 4.98 Å². The summed E-state index contributed by atoms with van der Waals surface area (Å²) < 4.78 is 7.21. The molecule has 0 saturated heterocycles. The summed E-state index contributed by atoms with van der Waals surface area (Å²) in [5.41, 5.74) is 2.61. The van der Waals surface area contributed by atoms with Crippen LogP contribution in [0.5, 0.6) is 5.75 Å². The number of methoxy groups -OCH3 is 1. The number of carbonyl (C=O) groups is 1. The van der Waals surface area contributed by atoms with Crippen molar-refractivity contribution < 1.29 is 9.53 Å². The lowest BCUT2D eigenvalue weighted by atomic mass is 10.2. The molecule has 0 spiro atoms. The van der Waals surface area contributed by atoms with Crippen molar-refractivity contribution in [1.82, 2.24) is 9.55 Å². The number of nitrogens with one attached hydrogen (secondary N) is 1. The number of carbonyl (C=O) groups excluding carboxylic acids is 1. The summed E-state index contributed by atoms with van der Waals surface area (Å²) in [5.74, 6) is 2.26. The first-order chi connectivity index (χ1) is 13.1. The van der Waals surface area contributed by atoms with Gasteiger partial charge in [-0.1, -0.05) is 43.8 Å². The molecule has 0 aliphatic carbocycles. The van der Waals surface area contributed by atoms with Gasteiger partial charge in [0.2, 0.25) is 5.91 Å². The van der Waals surface area contributed by atoms with Gasteiger partial charge in [0, 0.05) is 17.5 Å². The molecule has 1 heterocycles. The zero-order chi connectivity index (χ0) is 19.2. The van der Waals surface area contributed by atoms with E-state index in [4.69, 9.17) is 9.72 Å². The number of benzene rings is 2. The van der Waals surface area contributed by atoms with Gasteiger partial charge in [0.1, 0.15) is 12.3 Å². The molecule has 27 heavy (non-hydrogen) atoms. The van der Waals surface area contributed by atoms with Crippen molar-refractivity contribution in [2.24, 2.45) is 5.92 Å². The van der Waals surface area contributed by atoms with Crippen LogP contribution in [0.1, 0.15) is 20.3 Å². The van der Waals surface area contributed by atoms with Crippen LogP contribution in [0.25, 0.3) is 11.0 Å². The van der Waals surface area contributed by atoms with Gasteiger partial charge in [-0.3, -0.25) is 4.79 Å². The Balaban J connectivity index is 1.78. The summed E-state index contributed by atoms with van der Waals surface area (Å²) in [6, 6.07) is 15.3. The van der Waals surface area contributed by atoms with E-state index in [0.29, 0.717) is 11.7 Å². The van der Waals surface area contributed by atoms with Crippen LogP contribution in [-0.4, -0.2) is 28.3 Å². The molecule has 0 fully saturated rings. The third kappa shape index (κ3) is 5.04. The summed E-state index contributed by atoms with van der Waals surface area (Å²) in [6.45, 7) is 4.65. The number of fused-ring (bicyclic) bond motifs is 1. The predicted molar refractivity (Wildman–Crippen MR) is 112 cm³/mol. The molecule has 1 amide bonds. The fourth-order valence-electron chi connectivity index (χ4n) is 2.75. The van der Waals surface area contributed by atoms with Crippen molar-refractivity contribution in [1.29, 1.82) is 0 Å². The molecule has 0 bridgehead atoms. The lowest BCUT2D eigenvalue weighted by Crippen LogP contribution is -2.19. The molecule has 1 aromatic heterocycles. The molecule has 0 radical (unpaired) electrons. The summed E-state index contributed by atoms with van der Waals surface area (Å²) in [4.78, 5) is 17.4. The highest BCUT2D eigenvalue weighted by Crippen LogP contribution is 2.25. The van der Waals surface area contributed by atoms with Crippen LogP contribution >= 0.6 is 11.8 Å². The molecule has 2 aromatic carbocycles. The van der Waals surface area contributed by atoms with E-state index in [1.54, 1.807) is 18.9 Å². The van der Waals surface area contributed by atoms with Gasteiger partial charge in [-0.15, -0.1) is 0 Å². The maximum absolute atomic E-state index is 12.6. The molecule has 0 saturated carbocycles. The van der Waals surface area contributed by atoms with Crippen molar-refractivity contribution in [3.63, 3.8) is 0 Å². The number of aromatic nitrogens is 2. The molecule has 3 rings (SSSR count). The Morgan fingerprint density at radius 1 is 1.22 bits per heavy atom. The van der Waals surface area contributed by atoms with Gasteiger partial charge < -0.3 is 14.6 Å². The SMILES string of the molecule is COc1cccc(NC(=O)Cn2c(SCCC(C)C)nc3ccccc32)c1. The van der Waals surface area contributed by atoms with Crippen LogP contribution in [0, 0.1) is 5.92 Å². The number of imidazole rings is 1. The highest BCUT2D eigenvalue weighted by Gasteiger charge is 2.14. The standard InChI is InChI=1S/C21H25N3O2S/c1-15(2)11-12-27-21-23-18-9-4-5-10-19(18)24(21)14-20(25)22-16-7-6-8-17(13-16)26-3/h4-10,13,15H,11-12,14H2,1-3H3,(H,22,25). The van der Waals surface area contributed by atoms with E-state index in [0.717, 1.165) is 34.1 Å². The quantitative estimate of drug-likeness (QED) is 0.567. The van der Waals surface area contributed by atoms with Gasteiger partial charge in [-0.05, 0) is 36.6 Å². The number of hydrogen-bond acceptors (Lipinski definition) is 4. The number of rotatable bonds is 8. The lowest BCUT2D eigenvalue weighted by Gasteiger charge is -2.11. The van der Waals surface area contributed by atoms with Crippen molar-refractivity contribution >= 4 is 34.4 Å². The number of nitrogens with zero attached hydrogens (tertiary/aromatic N) is 2. The average molecular weight is 384 g/mol. The number of thioether (sulfide) groups is 1. The Bertz CT molecular complexity index is 921. The number of amides is 1. The van der Waals surface area contributed by atoms with Gasteiger partial charge in [0.15, 0.2) is 5.16 Å². The maximum atomic E-state index is 12.6. The van der Waals surface area contributed by atoms with Crippen molar-refractivity contribution in [2.45, 2.75) is 32.0 Å². The molecular weight excluding hydrogens is 358 g/mol. The minimum absolute atomic E-state index is 0.0860. The van der Waals surface area contributed by atoms with Gasteiger partial charge in [-0.2, -0.15) is 0 Å². The van der Waals surface area contributed by atoms with Gasteiger partial charge >= 0.3 is 0 Å². The zero-order valence-corrected chi connectivity index (χ0v) is 16.8. The second-order valence-electron chi connectivity index (χ2n) is 6.78. The van der Waals surface area contributed by atoms with E-state index in [9.17, 15) is 4.79 Å². The fraction of sp³-hybridized carbons (Fsp3) is 0.333. The van der Waals surface area contributed by atoms with Gasteiger partial charge in [0.05, 0.1) is 18.1 Å². The monoisotopic (exact) mass is 383 g/mol. The highest BCUT2D eigenvalue weighted by atomic mass is 32.2. The van der Waals surface area contributed by atoms with E-state index in [1.165, 1.54) is 0 Å². The number of hydrogen-bond donors (Lipinski definition) is 1. The molecule has 3 aromatic rings. The van der Waals surface area contributed by atoms with Crippen LogP contribution in [0.3, 0.4) is 0 Å². The van der Waals surface area contributed by atoms with Crippen LogP contribution in [-0.2, 0) is 11.3 Å². The highest BCUT2D eigenvalue weighted by molar-refractivity contribution is 7.99. The van der Waals surface area contributed by atoms with E-state index in [1.807, 2.05) is 53.1 Å².